The fourth-order valence-corrected chi connectivity index (χ4v) is 3.68. The van der Waals surface area contributed by atoms with Crippen LogP contribution in [0.2, 0.25) is 0 Å². The Morgan fingerprint density at radius 1 is 1.18 bits per heavy atom. The van der Waals surface area contributed by atoms with Gasteiger partial charge in [-0.1, -0.05) is 41.5 Å². The first-order valence-corrected chi connectivity index (χ1v) is 7.23. The molecular weight excluding hydrogens is 208 g/mol. The van der Waals surface area contributed by atoms with Gasteiger partial charge in [-0.25, -0.2) is 0 Å². The Hall–Kier alpha value is -0.0800. The van der Waals surface area contributed by atoms with Gasteiger partial charge in [-0.15, -0.1) is 0 Å². The molecule has 1 aliphatic carbocycles. The first-order valence-electron chi connectivity index (χ1n) is 7.23. The van der Waals surface area contributed by atoms with Gasteiger partial charge < -0.3 is 5.32 Å². The van der Waals surface area contributed by atoms with Gasteiger partial charge in [-0.05, 0) is 22.7 Å². The van der Waals surface area contributed by atoms with Crippen LogP contribution in [0.4, 0.5) is 0 Å². The van der Waals surface area contributed by atoms with Gasteiger partial charge >= 0.3 is 0 Å². The van der Waals surface area contributed by atoms with Gasteiger partial charge in [-0.3, -0.25) is 4.90 Å². The zero-order valence-corrected chi connectivity index (χ0v) is 12.5. The van der Waals surface area contributed by atoms with Crippen molar-refractivity contribution < 1.29 is 0 Å². The fraction of sp³-hybridized carbons (Fsp3) is 1.00. The van der Waals surface area contributed by atoms with Crippen molar-refractivity contribution in [2.75, 3.05) is 26.2 Å². The molecule has 2 aliphatic rings. The first-order chi connectivity index (χ1) is 7.78. The van der Waals surface area contributed by atoms with Gasteiger partial charge in [-0.2, -0.15) is 0 Å². The average molecular weight is 238 g/mol. The van der Waals surface area contributed by atoms with Crippen molar-refractivity contribution in [2.45, 2.75) is 47.6 Å². The van der Waals surface area contributed by atoms with E-state index in [-0.39, 0.29) is 0 Å². The summed E-state index contributed by atoms with van der Waals surface area (Å²) in [4.78, 5) is 2.74. The molecule has 0 aromatic carbocycles. The molecular formula is C15H30N2. The molecule has 1 saturated heterocycles. The number of nitrogens with zero attached hydrogens (tertiary/aromatic N) is 1. The highest BCUT2D eigenvalue weighted by atomic mass is 15.2. The maximum absolute atomic E-state index is 3.54. The second kappa shape index (κ2) is 4.24. The third-order valence-corrected chi connectivity index (χ3v) is 5.90. The Bertz CT molecular complexity index is 267. The highest BCUT2D eigenvalue weighted by Gasteiger charge is 2.64. The van der Waals surface area contributed by atoms with Crippen molar-refractivity contribution in [1.29, 1.82) is 0 Å². The number of hydrogen-bond donors (Lipinski definition) is 1. The molecule has 100 valence electrons. The molecule has 1 saturated carbocycles. The molecule has 1 heterocycles. The van der Waals surface area contributed by atoms with Gasteiger partial charge in [0.15, 0.2) is 0 Å². The van der Waals surface area contributed by atoms with Crippen LogP contribution >= 0.6 is 0 Å². The lowest BCUT2D eigenvalue weighted by Gasteiger charge is -2.39. The summed E-state index contributed by atoms with van der Waals surface area (Å²) in [5.74, 6) is 1.63. The van der Waals surface area contributed by atoms with Gasteiger partial charge in [0.25, 0.3) is 0 Å². The SMILES string of the molecule is CC(C)C1CNCCN1CC1C(C)(C)C1(C)C. The monoisotopic (exact) mass is 238 g/mol. The van der Waals surface area contributed by atoms with Crippen LogP contribution in [0.3, 0.4) is 0 Å². The van der Waals surface area contributed by atoms with Crippen LogP contribution < -0.4 is 5.32 Å². The van der Waals surface area contributed by atoms with E-state index in [1.54, 1.807) is 0 Å². The Kier molecular flexibility index (Phi) is 3.33. The Morgan fingerprint density at radius 3 is 2.24 bits per heavy atom. The summed E-state index contributed by atoms with van der Waals surface area (Å²) in [6, 6.07) is 0.732. The van der Waals surface area contributed by atoms with E-state index >= 15 is 0 Å². The van der Waals surface area contributed by atoms with Crippen molar-refractivity contribution in [3.05, 3.63) is 0 Å². The van der Waals surface area contributed by atoms with E-state index < -0.39 is 0 Å². The molecule has 1 atom stereocenters. The molecule has 2 rings (SSSR count). The standard InChI is InChI=1S/C15H30N2/c1-11(2)12-9-16-7-8-17(12)10-13-14(3,4)15(13,5)6/h11-13,16H,7-10H2,1-6H3. The van der Waals surface area contributed by atoms with Crippen LogP contribution in [0, 0.1) is 22.7 Å². The van der Waals surface area contributed by atoms with Gasteiger partial charge in [0.2, 0.25) is 0 Å². The number of piperazine rings is 1. The topological polar surface area (TPSA) is 15.3 Å². The van der Waals surface area contributed by atoms with E-state index in [0.717, 1.165) is 24.4 Å². The van der Waals surface area contributed by atoms with E-state index in [2.05, 4.69) is 51.8 Å². The molecule has 0 radical (unpaired) electrons. The molecule has 0 spiro atoms. The number of hydrogen-bond acceptors (Lipinski definition) is 2. The number of rotatable bonds is 3. The third kappa shape index (κ3) is 2.15. The van der Waals surface area contributed by atoms with E-state index in [1.165, 1.54) is 19.6 Å². The Morgan fingerprint density at radius 2 is 1.76 bits per heavy atom. The minimum Gasteiger partial charge on any atom is -0.314 e. The predicted molar refractivity (Wildman–Crippen MR) is 74.1 cm³/mol. The maximum Gasteiger partial charge on any atom is 0.0244 e. The third-order valence-electron chi connectivity index (χ3n) is 5.90. The van der Waals surface area contributed by atoms with E-state index in [0.29, 0.717) is 10.8 Å². The van der Waals surface area contributed by atoms with Crippen molar-refractivity contribution >= 4 is 0 Å². The highest BCUT2D eigenvalue weighted by molar-refractivity contribution is 5.13. The van der Waals surface area contributed by atoms with Gasteiger partial charge in [0.1, 0.15) is 0 Å². The maximum atomic E-state index is 3.54. The molecule has 17 heavy (non-hydrogen) atoms. The van der Waals surface area contributed by atoms with Crippen LogP contribution in [0.5, 0.6) is 0 Å². The average Bonchev–Trinajstić information content (AvgIpc) is 2.61. The predicted octanol–water partition coefficient (Wildman–Crippen LogP) is 2.60. The zero-order chi connectivity index (χ0) is 12.8. The summed E-state index contributed by atoms with van der Waals surface area (Å²) in [5, 5.41) is 3.54. The summed E-state index contributed by atoms with van der Waals surface area (Å²) in [6.07, 6.45) is 0. The second-order valence-corrected chi connectivity index (χ2v) is 7.51. The van der Waals surface area contributed by atoms with Crippen molar-refractivity contribution in [2.24, 2.45) is 22.7 Å². The molecule has 2 heteroatoms. The van der Waals surface area contributed by atoms with Crippen LogP contribution in [-0.4, -0.2) is 37.1 Å². The van der Waals surface area contributed by atoms with Crippen LogP contribution in [0.15, 0.2) is 0 Å². The normalized spacial score (nSPS) is 33.0. The lowest BCUT2D eigenvalue weighted by molar-refractivity contribution is 0.112. The Labute approximate surface area is 107 Å². The van der Waals surface area contributed by atoms with Crippen molar-refractivity contribution in [3.8, 4) is 0 Å². The van der Waals surface area contributed by atoms with E-state index in [1.807, 2.05) is 0 Å². The number of nitrogens with one attached hydrogen (secondary N) is 1. The molecule has 0 aromatic heterocycles. The lowest BCUT2D eigenvalue weighted by Crippen LogP contribution is -2.54. The highest BCUT2D eigenvalue weighted by Crippen LogP contribution is 2.68. The largest absolute Gasteiger partial charge is 0.314 e. The van der Waals surface area contributed by atoms with Gasteiger partial charge in [0, 0.05) is 32.2 Å². The van der Waals surface area contributed by atoms with E-state index in [4.69, 9.17) is 0 Å². The fourth-order valence-electron chi connectivity index (χ4n) is 3.68. The molecule has 0 aromatic rings. The van der Waals surface area contributed by atoms with Crippen LogP contribution in [0.1, 0.15) is 41.5 Å². The summed E-state index contributed by atoms with van der Waals surface area (Å²) in [5.41, 5.74) is 1.05. The van der Waals surface area contributed by atoms with Crippen LogP contribution in [0.25, 0.3) is 0 Å². The quantitative estimate of drug-likeness (QED) is 0.813. The van der Waals surface area contributed by atoms with Crippen LogP contribution in [-0.2, 0) is 0 Å². The minimum atomic E-state index is 0.527. The molecule has 1 aliphatic heterocycles. The second-order valence-electron chi connectivity index (χ2n) is 7.51. The summed E-state index contributed by atoms with van der Waals surface area (Å²) >= 11 is 0. The Balaban J connectivity index is 1.99. The van der Waals surface area contributed by atoms with Gasteiger partial charge in [0.05, 0.1) is 0 Å². The lowest BCUT2D eigenvalue weighted by atomic mass is 9.99. The molecule has 1 unspecified atom stereocenters. The molecule has 2 fully saturated rings. The zero-order valence-electron chi connectivity index (χ0n) is 12.5. The molecule has 0 amide bonds. The smallest absolute Gasteiger partial charge is 0.0244 e. The van der Waals surface area contributed by atoms with Crippen molar-refractivity contribution in [1.82, 2.24) is 10.2 Å². The van der Waals surface area contributed by atoms with Crippen molar-refractivity contribution in [3.63, 3.8) is 0 Å². The molecule has 2 nitrogen and oxygen atoms in total. The summed E-state index contributed by atoms with van der Waals surface area (Å²) < 4.78 is 0. The first kappa shape index (κ1) is 13.4. The molecule has 1 N–H and O–H groups in total. The molecule has 0 bridgehead atoms. The van der Waals surface area contributed by atoms with E-state index in [9.17, 15) is 0 Å². The minimum absolute atomic E-state index is 0.527. The summed E-state index contributed by atoms with van der Waals surface area (Å²) in [6.45, 7) is 19.3. The summed E-state index contributed by atoms with van der Waals surface area (Å²) in [7, 11) is 0.